The topological polar surface area (TPSA) is 40.5 Å². The monoisotopic (exact) mass is 269 g/mol. The molecule has 0 amide bonds. The van der Waals surface area contributed by atoms with Gasteiger partial charge in [0.15, 0.2) is 0 Å². The smallest absolute Gasteiger partial charge is 0.321 e. The summed E-state index contributed by atoms with van der Waals surface area (Å²) in [5.74, 6) is -0.770. The zero-order chi connectivity index (χ0) is 13.7. The maximum atomic E-state index is 11.4. The minimum absolute atomic E-state index is 0.472. The highest BCUT2D eigenvalue weighted by molar-refractivity contribution is 6.30. The second-order valence-electron chi connectivity index (χ2n) is 4.35. The molecule has 0 fully saturated rings. The van der Waals surface area contributed by atoms with E-state index in [0.717, 1.165) is 24.2 Å². The molecule has 0 aliphatic heterocycles. The highest BCUT2D eigenvalue weighted by Gasteiger charge is 2.24. The van der Waals surface area contributed by atoms with Crippen LogP contribution in [0.1, 0.15) is 25.0 Å². The standard InChI is InChI=1S/C14H20ClNO2/c1-4-16(5-2)13(14(17)18)9-11-6-7-12(15)8-10(11)3/h6-8,13H,4-5,9H2,1-3H3,(H,17,18)/t13-/m0/s1. The summed E-state index contributed by atoms with van der Waals surface area (Å²) >= 11 is 5.91. The van der Waals surface area contributed by atoms with Crippen molar-refractivity contribution in [2.75, 3.05) is 13.1 Å². The third-order valence-corrected chi connectivity index (χ3v) is 3.49. The number of benzene rings is 1. The van der Waals surface area contributed by atoms with Gasteiger partial charge in [0.25, 0.3) is 0 Å². The molecule has 0 aliphatic rings. The molecule has 18 heavy (non-hydrogen) atoms. The number of aliphatic carboxylic acids is 1. The Hall–Kier alpha value is -1.06. The summed E-state index contributed by atoms with van der Waals surface area (Å²) in [7, 11) is 0. The van der Waals surface area contributed by atoms with Crippen LogP contribution in [0.4, 0.5) is 0 Å². The van der Waals surface area contributed by atoms with Crippen molar-refractivity contribution in [3.05, 3.63) is 34.3 Å². The molecule has 1 rings (SSSR count). The van der Waals surface area contributed by atoms with Crippen molar-refractivity contribution >= 4 is 17.6 Å². The van der Waals surface area contributed by atoms with Crippen LogP contribution in [0.15, 0.2) is 18.2 Å². The first kappa shape index (κ1) is 15.0. The molecule has 100 valence electrons. The molecular formula is C14H20ClNO2. The van der Waals surface area contributed by atoms with Crippen LogP contribution in [0.25, 0.3) is 0 Å². The van der Waals surface area contributed by atoms with Crippen molar-refractivity contribution in [2.45, 2.75) is 33.2 Å². The maximum absolute atomic E-state index is 11.4. The second-order valence-corrected chi connectivity index (χ2v) is 4.79. The van der Waals surface area contributed by atoms with Gasteiger partial charge in [-0.15, -0.1) is 0 Å². The largest absolute Gasteiger partial charge is 0.480 e. The summed E-state index contributed by atoms with van der Waals surface area (Å²) in [5, 5.41) is 10.0. The first-order chi connectivity index (χ1) is 8.49. The van der Waals surface area contributed by atoms with Crippen LogP contribution in [0, 0.1) is 6.92 Å². The van der Waals surface area contributed by atoms with Crippen molar-refractivity contribution in [3.63, 3.8) is 0 Å². The molecule has 0 heterocycles. The van der Waals surface area contributed by atoms with Crippen LogP contribution < -0.4 is 0 Å². The van der Waals surface area contributed by atoms with Gasteiger partial charge in [-0.1, -0.05) is 31.5 Å². The lowest BCUT2D eigenvalue weighted by Gasteiger charge is -2.26. The first-order valence-corrected chi connectivity index (χ1v) is 6.59. The van der Waals surface area contributed by atoms with Crippen molar-refractivity contribution in [2.24, 2.45) is 0 Å². The number of carboxylic acids is 1. The minimum Gasteiger partial charge on any atom is -0.480 e. The average molecular weight is 270 g/mol. The fraction of sp³-hybridized carbons (Fsp3) is 0.500. The Morgan fingerprint density at radius 1 is 1.39 bits per heavy atom. The van der Waals surface area contributed by atoms with Gasteiger partial charge in [-0.05, 0) is 49.7 Å². The van der Waals surface area contributed by atoms with E-state index < -0.39 is 12.0 Å². The van der Waals surface area contributed by atoms with E-state index >= 15 is 0 Å². The van der Waals surface area contributed by atoms with Gasteiger partial charge in [-0.2, -0.15) is 0 Å². The van der Waals surface area contributed by atoms with Gasteiger partial charge in [0, 0.05) is 5.02 Å². The fourth-order valence-corrected chi connectivity index (χ4v) is 2.36. The molecule has 1 atom stereocenters. The minimum atomic E-state index is -0.770. The number of hydrogen-bond acceptors (Lipinski definition) is 2. The molecule has 0 unspecified atom stereocenters. The van der Waals surface area contributed by atoms with Crippen LogP contribution in [-0.4, -0.2) is 35.1 Å². The van der Waals surface area contributed by atoms with Gasteiger partial charge < -0.3 is 5.11 Å². The Labute approximate surface area is 113 Å². The number of nitrogens with zero attached hydrogens (tertiary/aromatic N) is 1. The Morgan fingerprint density at radius 2 is 2.00 bits per heavy atom. The molecule has 0 radical (unpaired) electrons. The molecule has 0 saturated heterocycles. The Morgan fingerprint density at radius 3 is 2.44 bits per heavy atom. The molecule has 0 aromatic heterocycles. The van der Waals surface area contributed by atoms with E-state index in [1.54, 1.807) is 0 Å². The van der Waals surface area contributed by atoms with Crippen LogP contribution in [0.3, 0.4) is 0 Å². The number of hydrogen-bond donors (Lipinski definition) is 1. The average Bonchev–Trinajstić information content (AvgIpc) is 2.31. The third kappa shape index (κ3) is 3.72. The summed E-state index contributed by atoms with van der Waals surface area (Å²) in [6.45, 7) is 7.39. The lowest BCUT2D eigenvalue weighted by Crippen LogP contribution is -2.42. The normalized spacial score (nSPS) is 12.7. The molecular weight excluding hydrogens is 250 g/mol. The number of carboxylic acid groups (broad SMARTS) is 1. The van der Waals surface area contributed by atoms with Gasteiger partial charge in [-0.25, -0.2) is 0 Å². The summed E-state index contributed by atoms with van der Waals surface area (Å²) < 4.78 is 0. The highest BCUT2D eigenvalue weighted by atomic mass is 35.5. The Kier molecular flexibility index (Phi) is 5.63. The van der Waals surface area contributed by atoms with E-state index in [2.05, 4.69) is 0 Å². The quantitative estimate of drug-likeness (QED) is 0.863. The van der Waals surface area contributed by atoms with Crippen LogP contribution in [0.5, 0.6) is 0 Å². The molecule has 1 N–H and O–H groups in total. The van der Waals surface area contributed by atoms with Crippen LogP contribution in [-0.2, 0) is 11.2 Å². The van der Waals surface area contributed by atoms with Gasteiger partial charge >= 0.3 is 5.97 Å². The summed E-state index contributed by atoms with van der Waals surface area (Å²) in [4.78, 5) is 13.3. The molecule has 0 saturated carbocycles. The van der Waals surface area contributed by atoms with E-state index in [1.165, 1.54) is 0 Å². The van der Waals surface area contributed by atoms with E-state index in [-0.39, 0.29) is 0 Å². The first-order valence-electron chi connectivity index (χ1n) is 6.21. The molecule has 0 spiro atoms. The summed E-state index contributed by atoms with van der Waals surface area (Å²) in [6, 6.07) is 5.13. The van der Waals surface area contributed by atoms with Crippen molar-refractivity contribution < 1.29 is 9.90 Å². The van der Waals surface area contributed by atoms with Crippen molar-refractivity contribution in [3.8, 4) is 0 Å². The number of carbonyl (C=O) groups is 1. The van der Waals surface area contributed by atoms with E-state index in [4.69, 9.17) is 11.6 Å². The lowest BCUT2D eigenvalue weighted by atomic mass is 10.00. The Bertz CT molecular complexity index is 416. The molecule has 0 aliphatic carbocycles. The molecule has 1 aromatic rings. The summed E-state index contributed by atoms with van der Waals surface area (Å²) in [5.41, 5.74) is 2.08. The highest BCUT2D eigenvalue weighted by Crippen LogP contribution is 2.18. The lowest BCUT2D eigenvalue weighted by molar-refractivity contribution is -0.143. The van der Waals surface area contributed by atoms with Crippen LogP contribution >= 0.6 is 11.6 Å². The predicted molar refractivity (Wildman–Crippen MR) is 74.2 cm³/mol. The molecule has 0 bridgehead atoms. The van der Waals surface area contributed by atoms with Gasteiger partial charge in [0.05, 0.1) is 0 Å². The molecule has 1 aromatic carbocycles. The zero-order valence-corrected chi connectivity index (χ0v) is 11.9. The van der Waals surface area contributed by atoms with Gasteiger partial charge in [0.2, 0.25) is 0 Å². The van der Waals surface area contributed by atoms with Gasteiger partial charge in [0.1, 0.15) is 6.04 Å². The number of halogens is 1. The number of aryl methyl sites for hydroxylation is 1. The fourth-order valence-electron chi connectivity index (χ4n) is 2.13. The zero-order valence-electron chi connectivity index (χ0n) is 11.1. The Balaban J connectivity index is 2.93. The number of likely N-dealkylation sites (N-methyl/N-ethyl adjacent to an activating group) is 1. The van der Waals surface area contributed by atoms with E-state index in [0.29, 0.717) is 11.4 Å². The summed E-state index contributed by atoms with van der Waals surface area (Å²) in [6.07, 6.45) is 0.514. The van der Waals surface area contributed by atoms with Crippen molar-refractivity contribution in [1.29, 1.82) is 0 Å². The molecule has 3 nitrogen and oxygen atoms in total. The molecule has 4 heteroatoms. The van der Waals surface area contributed by atoms with Crippen LogP contribution in [0.2, 0.25) is 5.02 Å². The SMILES string of the molecule is CCN(CC)[C@@H](Cc1ccc(Cl)cc1C)C(=O)O. The van der Waals surface area contributed by atoms with Gasteiger partial charge in [-0.3, -0.25) is 9.69 Å². The van der Waals surface area contributed by atoms with E-state index in [9.17, 15) is 9.90 Å². The third-order valence-electron chi connectivity index (χ3n) is 3.26. The second kappa shape index (κ2) is 6.76. The predicted octanol–water partition coefficient (Wildman–Crippen LogP) is 2.99. The van der Waals surface area contributed by atoms with E-state index in [1.807, 2.05) is 43.9 Å². The number of rotatable bonds is 6. The maximum Gasteiger partial charge on any atom is 0.321 e. The van der Waals surface area contributed by atoms with Crippen molar-refractivity contribution in [1.82, 2.24) is 4.90 Å².